The van der Waals surface area contributed by atoms with Gasteiger partial charge >= 0.3 is 5.56 Å². The Morgan fingerprint density at radius 3 is 2.32 bits per heavy atom. The monoisotopic (exact) mass is 470 g/mol. The van der Waals surface area contributed by atoms with E-state index in [4.69, 9.17) is 10.5 Å². The minimum Gasteiger partial charge on any atom is -0.394 e. The first-order valence-corrected chi connectivity index (χ1v) is 10.6. The van der Waals surface area contributed by atoms with E-state index in [0.717, 1.165) is 4.90 Å². The number of nitrogens with two attached hydrogens (primary N) is 1. The predicted molar refractivity (Wildman–Crippen MR) is 116 cm³/mol. The number of imide groups is 1. The highest BCUT2D eigenvalue weighted by molar-refractivity contribution is 6.21. The highest BCUT2D eigenvalue weighted by atomic mass is 16.6. The fraction of sp³-hybridized carbons (Fsp3) is 0.381. The summed E-state index contributed by atoms with van der Waals surface area (Å²) < 4.78 is 8.39. The number of carbonyl (C=O) groups excluding carboxylic acids is 2. The number of hydrogen-bond acceptors (Lipinski definition) is 10. The molecular weight excluding hydrogens is 448 g/mol. The average Bonchev–Trinajstić information content (AvgIpc) is 3.46. The number of amides is 2. The number of imidazole rings is 1. The Kier molecular flexibility index (Phi) is 5.40. The molecule has 178 valence electrons. The van der Waals surface area contributed by atoms with Crippen LogP contribution in [0.5, 0.6) is 0 Å². The van der Waals surface area contributed by atoms with Crippen molar-refractivity contribution in [2.45, 2.75) is 37.5 Å². The number of nitrogens with zero attached hydrogens (tertiary/aromatic N) is 5. The van der Waals surface area contributed by atoms with Gasteiger partial charge in [0.25, 0.3) is 11.8 Å². The summed E-state index contributed by atoms with van der Waals surface area (Å²) in [6.45, 7) is -0.261. The largest absolute Gasteiger partial charge is 0.394 e. The molecule has 4 heterocycles. The van der Waals surface area contributed by atoms with Gasteiger partial charge in [-0.25, -0.2) is 4.98 Å². The van der Waals surface area contributed by atoms with E-state index < -0.39 is 36.7 Å². The van der Waals surface area contributed by atoms with E-state index in [9.17, 15) is 29.7 Å². The highest BCUT2D eigenvalue weighted by Crippen LogP contribution is 2.31. The SMILES string of the molecule is Nc1nc(=O)c2ncn(C3OC(CO)C(O)C3O)c2n1CCCN1C(=O)c2ccccc2C1=O. The minimum atomic E-state index is -1.40. The third kappa shape index (κ3) is 3.28. The molecule has 4 atom stereocenters. The van der Waals surface area contributed by atoms with Crippen molar-refractivity contribution in [3.8, 4) is 0 Å². The van der Waals surface area contributed by atoms with E-state index in [1.165, 1.54) is 15.5 Å². The normalized spacial score (nSPS) is 24.4. The number of aliphatic hydroxyl groups excluding tert-OH is 3. The van der Waals surface area contributed by atoms with Crippen LogP contribution in [-0.2, 0) is 11.3 Å². The third-order valence-corrected chi connectivity index (χ3v) is 6.15. The Bertz CT molecular complexity index is 1320. The fourth-order valence-corrected chi connectivity index (χ4v) is 4.44. The molecule has 0 aliphatic carbocycles. The Hall–Kier alpha value is -3.65. The zero-order valence-electron chi connectivity index (χ0n) is 17.8. The standard InChI is InChI=1S/C21H22N6O7/c22-21-24-16(31)13-17(27(9-23-13)20-15(30)14(29)12(8-28)34-20)25(21)6-3-7-26-18(32)10-4-1-2-5-11(10)19(26)33/h1-2,4-5,9,12,14-15,20,28-30H,3,6-8H2,(H2,22,24,31). The molecule has 1 saturated heterocycles. The van der Waals surface area contributed by atoms with Crippen molar-refractivity contribution in [1.29, 1.82) is 0 Å². The van der Waals surface area contributed by atoms with E-state index in [2.05, 4.69) is 9.97 Å². The zero-order valence-corrected chi connectivity index (χ0v) is 17.8. The molecule has 1 aromatic carbocycles. The summed E-state index contributed by atoms with van der Waals surface area (Å²) in [7, 11) is 0. The Morgan fingerprint density at radius 2 is 1.71 bits per heavy atom. The number of rotatable bonds is 6. The van der Waals surface area contributed by atoms with Crippen molar-refractivity contribution < 1.29 is 29.6 Å². The van der Waals surface area contributed by atoms with E-state index in [-0.39, 0.29) is 48.4 Å². The van der Waals surface area contributed by atoms with Crippen LogP contribution >= 0.6 is 0 Å². The maximum atomic E-state index is 12.6. The van der Waals surface area contributed by atoms with E-state index in [0.29, 0.717) is 11.1 Å². The van der Waals surface area contributed by atoms with Crippen LogP contribution in [0, 0.1) is 0 Å². The van der Waals surface area contributed by atoms with Crippen LogP contribution in [0.3, 0.4) is 0 Å². The molecule has 0 spiro atoms. The topological polar surface area (TPSA) is 186 Å². The van der Waals surface area contributed by atoms with Crippen LogP contribution in [-0.4, -0.2) is 82.6 Å². The van der Waals surface area contributed by atoms with Gasteiger partial charge in [-0.3, -0.25) is 28.4 Å². The van der Waals surface area contributed by atoms with Crippen molar-refractivity contribution in [1.82, 2.24) is 24.0 Å². The van der Waals surface area contributed by atoms with Gasteiger partial charge in [0.1, 0.15) is 18.3 Å². The Labute approximate surface area is 191 Å². The van der Waals surface area contributed by atoms with Crippen LogP contribution in [0.15, 0.2) is 35.4 Å². The lowest BCUT2D eigenvalue weighted by Crippen LogP contribution is -2.33. The molecule has 2 amide bonds. The summed E-state index contributed by atoms with van der Waals surface area (Å²) in [5.74, 6) is -0.894. The molecule has 0 saturated carbocycles. The van der Waals surface area contributed by atoms with Gasteiger partial charge in [-0.2, -0.15) is 4.98 Å². The lowest BCUT2D eigenvalue weighted by Gasteiger charge is -2.20. The van der Waals surface area contributed by atoms with Crippen LogP contribution in [0.2, 0.25) is 0 Å². The van der Waals surface area contributed by atoms with Gasteiger partial charge in [-0.15, -0.1) is 0 Å². The third-order valence-electron chi connectivity index (χ3n) is 6.15. The van der Waals surface area contributed by atoms with Gasteiger partial charge in [0.05, 0.1) is 24.1 Å². The molecule has 1 fully saturated rings. The van der Waals surface area contributed by atoms with Gasteiger partial charge in [-0.05, 0) is 18.6 Å². The second kappa shape index (κ2) is 8.29. The maximum Gasteiger partial charge on any atom is 0.302 e. The Morgan fingerprint density at radius 1 is 1.03 bits per heavy atom. The van der Waals surface area contributed by atoms with Crippen molar-refractivity contribution in [2.75, 3.05) is 18.9 Å². The average molecular weight is 470 g/mol. The smallest absolute Gasteiger partial charge is 0.302 e. The van der Waals surface area contributed by atoms with Gasteiger partial charge in [-0.1, -0.05) is 12.1 Å². The number of aromatic nitrogens is 4. The summed E-state index contributed by atoms with van der Waals surface area (Å²) in [6, 6.07) is 6.58. The number of fused-ring (bicyclic) bond motifs is 2. The molecule has 3 aromatic rings. The molecule has 2 aromatic heterocycles. The van der Waals surface area contributed by atoms with Crippen molar-refractivity contribution in [2.24, 2.45) is 0 Å². The first-order valence-electron chi connectivity index (χ1n) is 10.6. The van der Waals surface area contributed by atoms with Crippen LogP contribution < -0.4 is 11.3 Å². The quantitative estimate of drug-likeness (QED) is 0.308. The fourth-order valence-electron chi connectivity index (χ4n) is 4.44. The van der Waals surface area contributed by atoms with Crippen molar-refractivity contribution in [3.05, 3.63) is 52.1 Å². The number of ether oxygens (including phenoxy) is 1. The highest BCUT2D eigenvalue weighted by Gasteiger charge is 2.44. The molecule has 2 aliphatic heterocycles. The maximum absolute atomic E-state index is 12.6. The molecule has 4 unspecified atom stereocenters. The lowest BCUT2D eigenvalue weighted by atomic mass is 10.1. The van der Waals surface area contributed by atoms with Gasteiger partial charge in [0.2, 0.25) is 5.95 Å². The zero-order chi connectivity index (χ0) is 24.1. The molecule has 2 aliphatic rings. The number of nitrogen functional groups attached to an aromatic ring is 1. The second-order valence-corrected chi connectivity index (χ2v) is 8.14. The van der Waals surface area contributed by atoms with Gasteiger partial charge in [0, 0.05) is 13.1 Å². The molecule has 0 radical (unpaired) electrons. The van der Waals surface area contributed by atoms with Crippen molar-refractivity contribution >= 4 is 28.9 Å². The Balaban J connectivity index is 1.43. The molecule has 0 bridgehead atoms. The first-order chi connectivity index (χ1) is 16.3. The molecule has 34 heavy (non-hydrogen) atoms. The van der Waals surface area contributed by atoms with E-state index in [1.807, 2.05) is 0 Å². The van der Waals surface area contributed by atoms with Gasteiger partial charge < -0.3 is 25.8 Å². The van der Waals surface area contributed by atoms with Crippen LogP contribution in [0.25, 0.3) is 11.2 Å². The molecule has 5 N–H and O–H groups in total. The molecule has 5 rings (SSSR count). The molecule has 13 heteroatoms. The lowest BCUT2D eigenvalue weighted by molar-refractivity contribution is -0.0513. The first kappa shape index (κ1) is 22.2. The number of hydrogen-bond donors (Lipinski definition) is 4. The van der Waals surface area contributed by atoms with Crippen LogP contribution in [0.4, 0.5) is 5.95 Å². The number of anilines is 1. The minimum absolute atomic E-state index is 0.0346. The number of aliphatic hydroxyl groups is 3. The van der Waals surface area contributed by atoms with E-state index >= 15 is 0 Å². The number of carbonyl (C=O) groups is 2. The number of aryl methyl sites for hydroxylation is 1. The number of benzene rings is 1. The summed E-state index contributed by atoms with van der Waals surface area (Å²) in [5, 5.41) is 29.9. The molecule has 13 nitrogen and oxygen atoms in total. The summed E-state index contributed by atoms with van der Waals surface area (Å²) in [5.41, 5.74) is 6.19. The summed E-state index contributed by atoms with van der Waals surface area (Å²) >= 11 is 0. The summed E-state index contributed by atoms with van der Waals surface area (Å²) in [6.07, 6.45) is -3.36. The molecular formula is C21H22N6O7. The second-order valence-electron chi connectivity index (χ2n) is 8.14. The van der Waals surface area contributed by atoms with Crippen molar-refractivity contribution in [3.63, 3.8) is 0 Å². The predicted octanol–water partition coefficient (Wildman–Crippen LogP) is -1.53. The van der Waals surface area contributed by atoms with Crippen LogP contribution in [0.1, 0.15) is 33.4 Å². The van der Waals surface area contributed by atoms with E-state index in [1.54, 1.807) is 24.3 Å². The van der Waals surface area contributed by atoms with Gasteiger partial charge in [0.15, 0.2) is 17.4 Å². The summed E-state index contributed by atoms with van der Waals surface area (Å²) in [4.78, 5) is 46.6.